The molecule has 6 heteroatoms. The number of benzene rings is 1. The lowest BCUT2D eigenvalue weighted by molar-refractivity contribution is 0.373. The van der Waals surface area contributed by atoms with Crippen LogP contribution in [0, 0.1) is 17.2 Å². The molecule has 0 fully saturated rings. The fraction of sp³-hybridized carbons (Fsp3) is 0.533. The van der Waals surface area contributed by atoms with E-state index in [1.165, 1.54) is 10.4 Å². The third-order valence-electron chi connectivity index (χ3n) is 3.18. The Labute approximate surface area is 127 Å². The van der Waals surface area contributed by atoms with Gasteiger partial charge in [-0.2, -0.15) is 9.57 Å². The second-order valence-corrected chi connectivity index (χ2v) is 7.32. The molecule has 0 spiro atoms. The molecule has 0 aliphatic heterocycles. The Balaban J connectivity index is 3.15. The molecular formula is C15H23N3O2S. The van der Waals surface area contributed by atoms with Crippen molar-refractivity contribution >= 4 is 15.7 Å². The summed E-state index contributed by atoms with van der Waals surface area (Å²) in [5, 5.41) is 8.71. The van der Waals surface area contributed by atoms with Crippen molar-refractivity contribution in [3.05, 3.63) is 23.8 Å². The zero-order valence-corrected chi connectivity index (χ0v) is 13.7. The number of nitrogens with zero attached hydrogens (tertiary/aromatic N) is 2. The van der Waals surface area contributed by atoms with Gasteiger partial charge in [0.1, 0.15) is 0 Å². The largest absolute Gasteiger partial charge is 0.398 e. The molecule has 0 saturated heterocycles. The maximum absolute atomic E-state index is 12.7. The summed E-state index contributed by atoms with van der Waals surface area (Å²) < 4.78 is 26.7. The second-order valence-electron chi connectivity index (χ2n) is 5.38. The summed E-state index contributed by atoms with van der Waals surface area (Å²) in [4.78, 5) is 0.191. The Hall–Kier alpha value is -1.58. The number of nitrogens with two attached hydrogens (primary N) is 1. The molecule has 1 aromatic rings. The van der Waals surface area contributed by atoms with Gasteiger partial charge < -0.3 is 5.73 Å². The number of anilines is 1. The van der Waals surface area contributed by atoms with Crippen LogP contribution < -0.4 is 5.73 Å². The van der Waals surface area contributed by atoms with E-state index in [1.54, 1.807) is 12.1 Å². The Bertz CT molecular complexity index is 618. The summed E-state index contributed by atoms with van der Waals surface area (Å²) in [5.41, 5.74) is 7.32. The zero-order chi connectivity index (χ0) is 16.0. The highest BCUT2D eigenvalue weighted by Gasteiger charge is 2.25. The third kappa shape index (κ3) is 4.45. The summed E-state index contributed by atoms with van der Waals surface area (Å²) in [6, 6.07) is 6.84. The lowest BCUT2D eigenvalue weighted by Gasteiger charge is -2.23. The highest BCUT2D eigenvalue weighted by molar-refractivity contribution is 7.89. The van der Waals surface area contributed by atoms with Crippen LogP contribution in [0.15, 0.2) is 23.1 Å². The molecule has 0 aromatic heterocycles. The van der Waals surface area contributed by atoms with E-state index >= 15 is 0 Å². The molecule has 116 valence electrons. The van der Waals surface area contributed by atoms with E-state index in [4.69, 9.17) is 11.0 Å². The van der Waals surface area contributed by atoms with Gasteiger partial charge in [-0.1, -0.05) is 26.8 Å². The number of nitriles is 1. The van der Waals surface area contributed by atoms with Gasteiger partial charge >= 0.3 is 0 Å². The molecule has 0 bridgehead atoms. The average molecular weight is 309 g/mol. The molecule has 2 N–H and O–H groups in total. The predicted octanol–water partition coefficient (Wildman–Crippen LogP) is 2.39. The highest BCUT2D eigenvalue weighted by Crippen LogP contribution is 2.22. The van der Waals surface area contributed by atoms with Crippen LogP contribution in [-0.4, -0.2) is 25.8 Å². The first kappa shape index (κ1) is 17.5. The molecule has 0 atom stereocenters. The van der Waals surface area contributed by atoms with E-state index < -0.39 is 10.0 Å². The Kier molecular flexibility index (Phi) is 6.19. The van der Waals surface area contributed by atoms with Gasteiger partial charge in [0.15, 0.2) is 0 Å². The highest BCUT2D eigenvalue weighted by atomic mass is 32.2. The average Bonchev–Trinajstić information content (AvgIpc) is 2.42. The molecule has 0 amide bonds. The predicted molar refractivity (Wildman–Crippen MR) is 84.1 cm³/mol. The Morgan fingerprint density at radius 3 is 2.52 bits per heavy atom. The lowest BCUT2D eigenvalue weighted by atomic mass is 10.1. The molecule has 1 rings (SSSR count). The maximum Gasteiger partial charge on any atom is 0.243 e. The van der Waals surface area contributed by atoms with Crippen molar-refractivity contribution in [1.82, 2.24) is 4.31 Å². The lowest BCUT2D eigenvalue weighted by Crippen LogP contribution is -2.35. The number of nitrogen functional groups attached to an aromatic ring is 1. The van der Waals surface area contributed by atoms with Crippen LogP contribution in [-0.2, 0) is 16.4 Å². The number of hydrogen-bond acceptors (Lipinski definition) is 4. The van der Waals surface area contributed by atoms with Gasteiger partial charge in [0.2, 0.25) is 10.0 Å². The van der Waals surface area contributed by atoms with Crippen LogP contribution in [0.2, 0.25) is 0 Å². The molecule has 5 nitrogen and oxygen atoms in total. The number of rotatable bonds is 7. The molecule has 0 aliphatic carbocycles. The van der Waals surface area contributed by atoms with E-state index in [0.29, 0.717) is 12.2 Å². The summed E-state index contributed by atoms with van der Waals surface area (Å²) >= 11 is 0. The summed E-state index contributed by atoms with van der Waals surface area (Å²) in [6.45, 7) is 6.45. The molecule has 0 radical (unpaired) electrons. The van der Waals surface area contributed by atoms with Crippen LogP contribution in [0.25, 0.3) is 0 Å². The molecule has 0 saturated carbocycles. The molecular weight excluding hydrogens is 286 g/mol. The number of aryl methyl sites for hydroxylation is 1. The van der Waals surface area contributed by atoms with Gasteiger partial charge in [0.05, 0.1) is 11.0 Å². The maximum atomic E-state index is 12.7. The van der Waals surface area contributed by atoms with E-state index in [2.05, 4.69) is 0 Å². The van der Waals surface area contributed by atoms with Crippen molar-refractivity contribution < 1.29 is 8.42 Å². The van der Waals surface area contributed by atoms with E-state index in [1.807, 2.05) is 26.8 Å². The summed E-state index contributed by atoms with van der Waals surface area (Å²) in [7, 11) is -3.61. The molecule has 1 aromatic carbocycles. The second kappa shape index (κ2) is 7.43. The summed E-state index contributed by atoms with van der Waals surface area (Å²) in [5.74, 6) is 0.186. The van der Waals surface area contributed by atoms with Crippen LogP contribution in [0.4, 0.5) is 5.69 Å². The van der Waals surface area contributed by atoms with Crippen LogP contribution in [0.1, 0.15) is 32.8 Å². The monoisotopic (exact) mass is 309 g/mol. The Morgan fingerprint density at radius 1 is 1.38 bits per heavy atom. The molecule has 0 aliphatic rings. The van der Waals surface area contributed by atoms with Crippen molar-refractivity contribution in [3.8, 4) is 6.07 Å². The fourth-order valence-electron chi connectivity index (χ4n) is 2.10. The van der Waals surface area contributed by atoms with E-state index in [9.17, 15) is 8.42 Å². The Morgan fingerprint density at radius 2 is 2.05 bits per heavy atom. The summed E-state index contributed by atoms with van der Waals surface area (Å²) in [6.07, 6.45) is 0.935. The minimum atomic E-state index is -3.61. The van der Waals surface area contributed by atoms with Crippen molar-refractivity contribution in [2.24, 2.45) is 5.92 Å². The van der Waals surface area contributed by atoms with E-state index in [0.717, 1.165) is 12.0 Å². The molecule has 21 heavy (non-hydrogen) atoms. The first-order valence-electron chi connectivity index (χ1n) is 7.08. The first-order valence-corrected chi connectivity index (χ1v) is 8.52. The van der Waals surface area contributed by atoms with Gasteiger partial charge in [-0.3, -0.25) is 0 Å². The van der Waals surface area contributed by atoms with Crippen molar-refractivity contribution in [1.29, 1.82) is 5.26 Å². The fourth-order valence-corrected chi connectivity index (χ4v) is 3.74. The minimum Gasteiger partial charge on any atom is -0.398 e. The standard InChI is InChI=1S/C15H23N3O2S/c1-4-13-6-7-14(10-15(13)17)21(19,20)18(9-5-8-16)11-12(2)3/h6-7,10,12H,4-5,9,11,17H2,1-3H3. The van der Waals surface area contributed by atoms with Crippen molar-refractivity contribution in [2.75, 3.05) is 18.8 Å². The van der Waals surface area contributed by atoms with Gasteiger partial charge in [-0.25, -0.2) is 8.42 Å². The van der Waals surface area contributed by atoms with Gasteiger partial charge in [0, 0.05) is 25.2 Å². The van der Waals surface area contributed by atoms with Crippen LogP contribution >= 0.6 is 0 Å². The van der Waals surface area contributed by atoms with Crippen LogP contribution in [0.5, 0.6) is 0 Å². The normalized spacial score (nSPS) is 11.8. The van der Waals surface area contributed by atoms with Gasteiger partial charge in [-0.15, -0.1) is 0 Å². The number of sulfonamides is 1. The first-order chi connectivity index (χ1) is 9.82. The molecule has 0 heterocycles. The van der Waals surface area contributed by atoms with Crippen molar-refractivity contribution in [3.63, 3.8) is 0 Å². The SMILES string of the molecule is CCc1ccc(S(=O)(=O)N(CCC#N)CC(C)C)cc1N. The van der Waals surface area contributed by atoms with Crippen LogP contribution in [0.3, 0.4) is 0 Å². The minimum absolute atomic E-state index is 0.175. The van der Waals surface area contributed by atoms with Gasteiger partial charge in [0.25, 0.3) is 0 Å². The molecule has 0 unspecified atom stereocenters. The smallest absolute Gasteiger partial charge is 0.243 e. The van der Waals surface area contributed by atoms with Crippen molar-refractivity contribution in [2.45, 2.75) is 38.5 Å². The third-order valence-corrected chi connectivity index (χ3v) is 5.04. The van der Waals surface area contributed by atoms with Gasteiger partial charge in [-0.05, 0) is 30.0 Å². The zero-order valence-electron chi connectivity index (χ0n) is 12.8. The van der Waals surface area contributed by atoms with E-state index in [-0.39, 0.29) is 23.8 Å². The topological polar surface area (TPSA) is 87.2 Å². The number of hydrogen-bond donors (Lipinski definition) is 1. The quantitative estimate of drug-likeness (QED) is 0.783.